The van der Waals surface area contributed by atoms with E-state index in [4.69, 9.17) is 4.74 Å². The van der Waals surface area contributed by atoms with Crippen molar-refractivity contribution in [3.63, 3.8) is 0 Å². The molecule has 3 aromatic heterocycles. The molecule has 4 aromatic rings. The summed E-state index contributed by atoms with van der Waals surface area (Å²) in [5.74, 6) is 0.782. The third-order valence-electron chi connectivity index (χ3n) is 4.21. The van der Waals surface area contributed by atoms with Crippen LogP contribution in [0.15, 0.2) is 54.7 Å². The summed E-state index contributed by atoms with van der Waals surface area (Å²) < 4.78 is 7.18. The fourth-order valence-corrected chi connectivity index (χ4v) is 2.93. The Morgan fingerprint density at radius 1 is 1.15 bits per heavy atom. The second kappa shape index (κ2) is 6.44. The van der Waals surface area contributed by atoms with Crippen molar-refractivity contribution in [1.82, 2.24) is 24.9 Å². The van der Waals surface area contributed by atoms with Crippen molar-refractivity contribution < 1.29 is 9.53 Å². The number of methoxy groups -OCH3 is 1. The van der Waals surface area contributed by atoms with Gasteiger partial charge in [-0.3, -0.25) is 9.20 Å². The summed E-state index contributed by atoms with van der Waals surface area (Å²) in [6.07, 6.45) is 1.87. The van der Waals surface area contributed by atoms with E-state index in [0.29, 0.717) is 17.4 Å². The molecule has 1 aromatic carbocycles. The Labute approximate surface area is 149 Å². The van der Waals surface area contributed by atoms with Gasteiger partial charge in [0.05, 0.1) is 13.2 Å². The van der Waals surface area contributed by atoms with E-state index in [2.05, 4.69) is 20.5 Å². The second-order valence-corrected chi connectivity index (χ2v) is 5.92. The van der Waals surface area contributed by atoms with Gasteiger partial charge in [0.25, 0.3) is 5.91 Å². The summed E-state index contributed by atoms with van der Waals surface area (Å²) in [4.78, 5) is 17.1. The highest BCUT2D eigenvalue weighted by Gasteiger charge is 2.19. The molecule has 1 atom stereocenters. The maximum absolute atomic E-state index is 12.7. The lowest BCUT2D eigenvalue weighted by Crippen LogP contribution is -2.28. The fraction of sp³-hybridized carbons (Fsp3) is 0.158. The van der Waals surface area contributed by atoms with Crippen molar-refractivity contribution in [2.24, 2.45) is 0 Å². The molecule has 130 valence electrons. The quantitative estimate of drug-likeness (QED) is 0.614. The maximum atomic E-state index is 12.7. The van der Waals surface area contributed by atoms with Crippen LogP contribution in [0.1, 0.15) is 29.3 Å². The van der Waals surface area contributed by atoms with Crippen molar-refractivity contribution in [2.75, 3.05) is 7.11 Å². The maximum Gasteiger partial charge on any atom is 0.270 e. The van der Waals surface area contributed by atoms with Crippen LogP contribution in [0.3, 0.4) is 0 Å². The molecule has 3 heterocycles. The average Bonchev–Trinajstić information content (AvgIpc) is 3.11. The van der Waals surface area contributed by atoms with Gasteiger partial charge in [-0.1, -0.05) is 24.3 Å². The monoisotopic (exact) mass is 347 g/mol. The number of aromatic nitrogens is 4. The van der Waals surface area contributed by atoms with E-state index in [1.165, 1.54) is 0 Å². The lowest BCUT2D eigenvalue weighted by atomic mass is 10.1. The zero-order valence-electron chi connectivity index (χ0n) is 14.4. The standard InChI is InChI=1S/C19H17N5O2/c1-12(17-23-22-16-9-5-6-10-24(16)17)20-18(25)15-11-13-7-3-4-8-14(13)19(21-15)26-2/h3-12H,1-2H3,(H,20,25)/t12-/m0/s1. The van der Waals surface area contributed by atoms with Crippen LogP contribution in [0, 0.1) is 0 Å². The van der Waals surface area contributed by atoms with Crippen molar-refractivity contribution in [2.45, 2.75) is 13.0 Å². The minimum atomic E-state index is -0.334. The van der Waals surface area contributed by atoms with Crippen LogP contribution < -0.4 is 10.1 Å². The van der Waals surface area contributed by atoms with Gasteiger partial charge in [0.1, 0.15) is 5.69 Å². The number of fused-ring (bicyclic) bond motifs is 2. The zero-order chi connectivity index (χ0) is 18.1. The molecule has 0 radical (unpaired) electrons. The van der Waals surface area contributed by atoms with Crippen LogP contribution in [-0.2, 0) is 0 Å². The van der Waals surface area contributed by atoms with E-state index >= 15 is 0 Å². The molecule has 0 saturated carbocycles. The van der Waals surface area contributed by atoms with Crippen LogP contribution in [-0.4, -0.2) is 32.6 Å². The number of carbonyl (C=O) groups is 1. The van der Waals surface area contributed by atoms with E-state index in [1.807, 2.05) is 60.0 Å². The Morgan fingerprint density at radius 3 is 2.81 bits per heavy atom. The molecule has 0 saturated heterocycles. The molecule has 0 fully saturated rings. The molecule has 0 aliphatic carbocycles. The average molecular weight is 347 g/mol. The van der Waals surface area contributed by atoms with Crippen LogP contribution >= 0.6 is 0 Å². The number of carbonyl (C=O) groups excluding carboxylic acids is 1. The molecule has 7 nitrogen and oxygen atoms in total. The van der Waals surface area contributed by atoms with Gasteiger partial charge in [0.2, 0.25) is 5.88 Å². The Morgan fingerprint density at radius 2 is 1.96 bits per heavy atom. The fourth-order valence-electron chi connectivity index (χ4n) is 2.93. The van der Waals surface area contributed by atoms with Gasteiger partial charge in [-0.15, -0.1) is 10.2 Å². The summed E-state index contributed by atoms with van der Waals surface area (Å²) in [5, 5.41) is 13.0. The summed E-state index contributed by atoms with van der Waals surface area (Å²) in [5.41, 5.74) is 1.02. The van der Waals surface area contributed by atoms with Gasteiger partial charge >= 0.3 is 0 Å². The summed E-state index contributed by atoms with van der Waals surface area (Å²) in [6, 6.07) is 14.7. The van der Waals surface area contributed by atoms with Crippen molar-refractivity contribution in [3.8, 4) is 5.88 Å². The number of nitrogens with one attached hydrogen (secondary N) is 1. The molecule has 4 rings (SSSR count). The van der Waals surface area contributed by atoms with E-state index in [9.17, 15) is 4.79 Å². The first-order valence-electron chi connectivity index (χ1n) is 8.21. The highest BCUT2D eigenvalue weighted by Crippen LogP contribution is 2.24. The van der Waals surface area contributed by atoms with Crippen molar-refractivity contribution in [1.29, 1.82) is 0 Å². The molecular formula is C19H17N5O2. The SMILES string of the molecule is COc1nc(C(=O)N[C@@H](C)c2nnc3ccccn23)cc2ccccc12. The minimum Gasteiger partial charge on any atom is -0.481 e. The number of hydrogen-bond donors (Lipinski definition) is 1. The van der Waals surface area contributed by atoms with Gasteiger partial charge in [-0.05, 0) is 36.6 Å². The molecule has 7 heteroatoms. The first-order valence-corrected chi connectivity index (χ1v) is 8.21. The van der Waals surface area contributed by atoms with Crippen LogP contribution in [0.4, 0.5) is 0 Å². The Bertz CT molecular complexity index is 1110. The predicted octanol–water partition coefficient (Wildman–Crippen LogP) is 2.78. The molecule has 1 N–H and O–H groups in total. The number of rotatable bonds is 4. The Balaban J connectivity index is 1.64. The molecule has 26 heavy (non-hydrogen) atoms. The third kappa shape index (κ3) is 2.73. The summed E-state index contributed by atoms with van der Waals surface area (Å²) >= 11 is 0. The van der Waals surface area contributed by atoms with Crippen molar-refractivity contribution in [3.05, 3.63) is 66.2 Å². The number of nitrogens with zero attached hydrogens (tertiary/aromatic N) is 4. The smallest absolute Gasteiger partial charge is 0.270 e. The molecular weight excluding hydrogens is 330 g/mol. The minimum absolute atomic E-state index is 0.293. The molecule has 0 unspecified atom stereocenters. The molecule has 0 aliphatic rings. The largest absolute Gasteiger partial charge is 0.481 e. The van der Waals surface area contributed by atoms with Gasteiger partial charge in [-0.25, -0.2) is 4.98 Å². The highest BCUT2D eigenvalue weighted by molar-refractivity contribution is 5.98. The van der Waals surface area contributed by atoms with Gasteiger partial charge < -0.3 is 10.1 Å². The van der Waals surface area contributed by atoms with Gasteiger partial charge in [-0.2, -0.15) is 0 Å². The van der Waals surface area contributed by atoms with Gasteiger partial charge in [0.15, 0.2) is 11.5 Å². The van der Waals surface area contributed by atoms with Gasteiger partial charge in [0, 0.05) is 11.6 Å². The number of amides is 1. The van der Waals surface area contributed by atoms with Crippen LogP contribution in [0.25, 0.3) is 16.4 Å². The highest BCUT2D eigenvalue weighted by atomic mass is 16.5. The number of pyridine rings is 2. The lowest BCUT2D eigenvalue weighted by Gasteiger charge is -2.13. The van der Waals surface area contributed by atoms with E-state index < -0.39 is 0 Å². The topological polar surface area (TPSA) is 81.4 Å². The molecule has 0 aliphatic heterocycles. The third-order valence-corrected chi connectivity index (χ3v) is 4.21. The molecule has 1 amide bonds. The second-order valence-electron chi connectivity index (χ2n) is 5.92. The normalized spacial score (nSPS) is 12.2. The summed E-state index contributed by atoms with van der Waals surface area (Å²) in [7, 11) is 1.54. The Kier molecular flexibility index (Phi) is 3.96. The first-order chi connectivity index (χ1) is 12.7. The number of benzene rings is 1. The van der Waals surface area contributed by atoms with Crippen LogP contribution in [0.2, 0.25) is 0 Å². The lowest BCUT2D eigenvalue weighted by molar-refractivity contribution is 0.0932. The van der Waals surface area contributed by atoms with E-state index in [-0.39, 0.29) is 11.9 Å². The van der Waals surface area contributed by atoms with Crippen molar-refractivity contribution >= 4 is 22.3 Å². The van der Waals surface area contributed by atoms with E-state index in [1.54, 1.807) is 13.2 Å². The van der Waals surface area contributed by atoms with E-state index in [0.717, 1.165) is 16.4 Å². The zero-order valence-corrected chi connectivity index (χ0v) is 14.4. The Hall–Kier alpha value is -3.48. The first kappa shape index (κ1) is 16.0. The number of ether oxygens (including phenoxy) is 1. The summed E-state index contributed by atoms with van der Waals surface area (Å²) in [6.45, 7) is 1.86. The predicted molar refractivity (Wildman–Crippen MR) is 97.2 cm³/mol. The number of hydrogen-bond acceptors (Lipinski definition) is 5. The molecule has 0 spiro atoms. The molecule has 0 bridgehead atoms. The van der Waals surface area contributed by atoms with Crippen LogP contribution in [0.5, 0.6) is 5.88 Å².